The molecule has 1 amide bonds. The number of halogens is 3. The van der Waals surface area contributed by atoms with Gasteiger partial charge in [0.1, 0.15) is 5.75 Å². The number of alkyl halides is 3. The van der Waals surface area contributed by atoms with Crippen LogP contribution in [-0.4, -0.2) is 30.3 Å². The average molecular weight is 331 g/mol. The summed E-state index contributed by atoms with van der Waals surface area (Å²) in [6.07, 6.45) is -1.14. The first kappa shape index (κ1) is 17.6. The quantitative estimate of drug-likeness (QED) is 0.872. The lowest BCUT2D eigenvalue weighted by atomic mass is 9.86. The van der Waals surface area contributed by atoms with Crippen LogP contribution in [0.15, 0.2) is 24.3 Å². The van der Waals surface area contributed by atoms with Crippen LogP contribution in [0.4, 0.5) is 13.2 Å². The molecular weight excluding hydrogens is 311 g/mol. The van der Waals surface area contributed by atoms with E-state index >= 15 is 0 Å². The van der Waals surface area contributed by atoms with Crippen molar-refractivity contribution in [2.45, 2.75) is 37.9 Å². The summed E-state index contributed by atoms with van der Waals surface area (Å²) >= 11 is 0. The second-order valence-electron chi connectivity index (χ2n) is 5.78. The summed E-state index contributed by atoms with van der Waals surface area (Å²) in [5, 5.41) is 11.9. The van der Waals surface area contributed by atoms with Gasteiger partial charge in [-0.2, -0.15) is 13.2 Å². The molecule has 1 saturated carbocycles. The Labute approximate surface area is 132 Å². The van der Waals surface area contributed by atoms with Gasteiger partial charge >= 0.3 is 6.18 Å². The summed E-state index contributed by atoms with van der Waals surface area (Å²) in [5.41, 5.74) is -0.808. The molecular formula is C16H20F3NO3. The summed E-state index contributed by atoms with van der Waals surface area (Å²) in [7, 11) is 0. The smallest absolute Gasteiger partial charge is 0.416 e. The molecule has 23 heavy (non-hydrogen) atoms. The lowest BCUT2D eigenvalue weighted by Gasteiger charge is -2.27. The van der Waals surface area contributed by atoms with Gasteiger partial charge in [0.05, 0.1) is 5.56 Å². The number of aliphatic hydroxyl groups is 1. The second-order valence-corrected chi connectivity index (χ2v) is 5.78. The van der Waals surface area contributed by atoms with Crippen molar-refractivity contribution in [1.82, 2.24) is 5.32 Å². The molecule has 128 valence electrons. The second kappa shape index (κ2) is 7.68. The first-order valence-electron chi connectivity index (χ1n) is 7.58. The van der Waals surface area contributed by atoms with Gasteiger partial charge < -0.3 is 15.2 Å². The summed E-state index contributed by atoms with van der Waals surface area (Å²) < 4.78 is 42.9. The fourth-order valence-corrected chi connectivity index (χ4v) is 2.67. The largest absolute Gasteiger partial charge is 0.484 e. The molecule has 2 N–H and O–H groups in total. The van der Waals surface area contributed by atoms with Crippen LogP contribution in [0, 0.1) is 5.92 Å². The lowest BCUT2D eigenvalue weighted by molar-refractivity contribution is -0.137. The van der Waals surface area contributed by atoms with Crippen LogP contribution in [0.3, 0.4) is 0 Å². The van der Waals surface area contributed by atoms with Crippen LogP contribution in [0.2, 0.25) is 0 Å². The van der Waals surface area contributed by atoms with Crippen molar-refractivity contribution >= 4 is 5.91 Å². The third-order valence-corrected chi connectivity index (χ3v) is 4.00. The van der Waals surface area contributed by atoms with Crippen molar-refractivity contribution in [2.24, 2.45) is 5.92 Å². The number of aliphatic hydroxyl groups excluding tert-OH is 1. The van der Waals surface area contributed by atoms with E-state index in [-0.39, 0.29) is 30.9 Å². The molecule has 0 bridgehead atoms. The number of amides is 1. The maximum absolute atomic E-state index is 12.6. The Morgan fingerprint density at radius 2 is 1.96 bits per heavy atom. The van der Waals surface area contributed by atoms with Crippen molar-refractivity contribution in [1.29, 1.82) is 0 Å². The van der Waals surface area contributed by atoms with E-state index in [1.165, 1.54) is 12.1 Å². The Bertz CT molecular complexity index is 526. The Kier molecular flexibility index (Phi) is 5.87. The molecule has 0 radical (unpaired) electrons. The van der Waals surface area contributed by atoms with Gasteiger partial charge in [-0.25, -0.2) is 0 Å². The van der Waals surface area contributed by atoms with Crippen molar-refractivity contribution < 1.29 is 27.8 Å². The number of carbonyl (C=O) groups is 1. The number of nitrogens with one attached hydrogen (secondary N) is 1. The highest BCUT2D eigenvalue weighted by Crippen LogP contribution is 2.31. The van der Waals surface area contributed by atoms with Crippen molar-refractivity contribution in [3.63, 3.8) is 0 Å². The van der Waals surface area contributed by atoms with Crippen molar-refractivity contribution in [3.8, 4) is 5.75 Å². The first-order valence-corrected chi connectivity index (χ1v) is 7.58. The SMILES string of the molecule is O=C(COc1cccc(C(F)(F)F)c1)NC1CCC(CO)CC1. The van der Waals surface area contributed by atoms with E-state index in [1.54, 1.807) is 0 Å². The summed E-state index contributed by atoms with van der Waals surface area (Å²) in [6, 6.07) is 4.49. The van der Waals surface area contributed by atoms with Gasteiger partial charge in [0, 0.05) is 12.6 Å². The maximum atomic E-state index is 12.6. The molecule has 0 spiro atoms. The highest BCUT2D eigenvalue weighted by Gasteiger charge is 2.30. The summed E-state index contributed by atoms with van der Waals surface area (Å²) in [4.78, 5) is 11.8. The van der Waals surface area contributed by atoms with E-state index in [4.69, 9.17) is 9.84 Å². The van der Waals surface area contributed by atoms with E-state index < -0.39 is 11.7 Å². The van der Waals surface area contributed by atoms with Crippen LogP contribution in [-0.2, 0) is 11.0 Å². The standard InChI is InChI=1S/C16H20F3NO3/c17-16(18,19)12-2-1-3-14(8-12)23-10-15(22)20-13-6-4-11(9-21)5-7-13/h1-3,8,11,13,21H,4-7,9-10H2,(H,20,22). The number of ether oxygens (including phenoxy) is 1. The summed E-state index contributed by atoms with van der Waals surface area (Å²) in [5.74, 6) is -0.0432. The Balaban J connectivity index is 1.79. The van der Waals surface area contributed by atoms with Gasteiger partial charge in [-0.3, -0.25) is 4.79 Å². The Morgan fingerprint density at radius 1 is 1.26 bits per heavy atom. The van der Waals surface area contributed by atoms with Gasteiger partial charge in [0.2, 0.25) is 0 Å². The molecule has 1 fully saturated rings. The van der Waals surface area contributed by atoms with E-state index in [1.807, 2.05) is 0 Å². The molecule has 0 aliphatic heterocycles. The molecule has 0 atom stereocenters. The van der Waals surface area contributed by atoms with Gasteiger partial charge in [-0.05, 0) is 49.8 Å². The zero-order chi connectivity index (χ0) is 16.9. The van der Waals surface area contributed by atoms with Crippen LogP contribution >= 0.6 is 0 Å². The molecule has 1 aromatic rings. The topological polar surface area (TPSA) is 58.6 Å². The predicted molar refractivity (Wildman–Crippen MR) is 77.9 cm³/mol. The predicted octanol–water partition coefficient (Wildman–Crippen LogP) is 2.75. The maximum Gasteiger partial charge on any atom is 0.416 e. The number of benzene rings is 1. The number of hydrogen-bond donors (Lipinski definition) is 2. The highest BCUT2D eigenvalue weighted by atomic mass is 19.4. The van der Waals surface area contributed by atoms with E-state index in [0.717, 1.165) is 37.8 Å². The molecule has 4 nitrogen and oxygen atoms in total. The zero-order valence-electron chi connectivity index (χ0n) is 12.6. The minimum Gasteiger partial charge on any atom is -0.484 e. The van der Waals surface area contributed by atoms with Gasteiger partial charge in [0.15, 0.2) is 6.61 Å². The normalized spacial score (nSPS) is 21.7. The molecule has 0 heterocycles. The molecule has 1 aromatic carbocycles. The molecule has 2 rings (SSSR count). The third-order valence-electron chi connectivity index (χ3n) is 4.00. The monoisotopic (exact) mass is 331 g/mol. The van der Waals surface area contributed by atoms with E-state index in [0.29, 0.717) is 5.92 Å². The van der Waals surface area contributed by atoms with Crippen molar-refractivity contribution in [3.05, 3.63) is 29.8 Å². The molecule has 1 aliphatic carbocycles. The van der Waals surface area contributed by atoms with Crippen molar-refractivity contribution in [2.75, 3.05) is 13.2 Å². The molecule has 0 aromatic heterocycles. The minimum absolute atomic E-state index is 0.0129. The van der Waals surface area contributed by atoms with Crippen LogP contribution < -0.4 is 10.1 Å². The van der Waals surface area contributed by atoms with Crippen LogP contribution in [0.5, 0.6) is 5.75 Å². The fraction of sp³-hybridized carbons (Fsp3) is 0.562. The van der Waals surface area contributed by atoms with Gasteiger partial charge in [0.25, 0.3) is 5.91 Å². The lowest BCUT2D eigenvalue weighted by Crippen LogP contribution is -2.40. The molecule has 1 aliphatic rings. The molecule has 7 heteroatoms. The van der Waals surface area contributed by atoms with Gasteiger partial charge in [-0.15, -0.1) is 0 Å². The van der Waals surface area contributed by atoms with E-state index in [9.17, 15) is 18.0 Å². The zero-order valence-corrected chi connectivity index (χ0v) is 12.6. The average Bonchev–Trinajstić information content (AvgIpc) is 2.53. The fourth-order valence-electron chi connectivity index (χ4n) is 2.67. The summed E-state index contributed by atoms with van der Waals surface area (Å²) in [6.45, 7) is -0.152. The first-order chi connectivity index (χ1) is 10.9. The Morgan fingerprint density at radius 3 is 2.57 bits per heavy atom. The number of hydrogen-bond acceptors (Lipinski definition) is 3. The molecule has 0 unspecified atom stereocenters. The Hall–Kier alpha value is -1.76. The van der Waals surface area contributed by atoms with E-state index in [2.05, 4.69) is 5.32 Å². The highest BCUT2D eigenvalue weighted by molar-refractivity contribution is 5.77. The number of rotatable bonds is 5. The number of carbonyl (C=O) groups excluding carboxylic acids is 1. The van der Waals surface area contributed by atoms with Gasteiger partial charge in [-0.1, -0.05) is 6.07 Å². The molecule has 0 saturated heterocycles. The van der Waals surface area contributed by atoms with Crippen LogP contribution in [0.25, 0.3) is 0 Å². The van der Waals surface area contributed by atoms with Crippen LogP contribution in [0.1, 0.15) is 31.2 Å². The third kappa shape index (κ3) is 5.42. The minimum atomic E-state index is -4.44.